The normalized spacial score (nSPS) is 11.6. The molecule has 0 aromatic heterocycles. The molecule has 1 aromatic rings. The molecule has 0 saturated heterocycles. The summed E-state index contributed by atoms with van der Waals surface area (Å²) in [6.07, 6.45) is 1.50. The van der Waals surface area contributed by atoms with Crippen molar-refractivity contribution in [3.05, 3.63) is 41.7 Å². The van der Waals surface area contributed by atoms with Crippen LogP contribution in [-0.4, -0.2) is 0 Å². The van der Waals surface area contributed by atoms with E-state index in [9.17, 15) is 4.39 Å². The van der Waals surface area contributed by atoms with Gasteiger partial charge in [0.05, 0.1) is 5.83 Å². The van der Waals surface area contributed by atoms with Crippen molar-refractivity contribution in [2.75, 3.05) is 0 Å². The maximum absolute atomic E-state index is 12.2. The number of rotatable bonds is 1. The van der Waals surface area contributed by atoms with Gasteiger partial charge in [0.1, 0.15) is 0 Å². The minimum atomic E-state index is -0.161. The van der Waals surface area contributed by atoms with Crippen LogP contribution < -0.4 is 0 Å². The highest BCUT2D eigenvalue weighted by atomic mass is 19.1. The molecule has 0 bridgehead atoms. The van der Waals surface area contributed by atoms with Crippen LogP contribution >= 0.6 is 0 Å². The predicted octanol–water partition coefficient (Wildman–Crippen LogP) is 3.02. The molecule has 0 atom stereocenters. The monoisotopic (exact) mass is 136 g/mol. The molecule has 0 N–H and O–H groups in total. The number of halogens is 1. The zero-order valence-corrected chi connectivity index (χ0v) is 5.84. The minimum absolute atomic E-state index is 0.161. The fourth-order valence-electron chi connectivity index (χ4n) is 0.779. The second kappa shape index (κ2) is 3.16. The molecule has 0 unspecified atom stereocenters. The first-order valence-corrected chi connectivity index (χ1v) is 3.18. The van der Waals surface area contributed by atoms with Crippen LogP contribution in [0.1, 0.15) is 12.5 Å². The van der Waals surface area contributed by atoms with Crippen LogP contribution in [0.2, 0.25) is 0 Å². The fourth-order valence-corrected chi connectivity index (χ4v) is 0.779. The Kier molecular flexibility index (Phi) is 2.21. The molecule has 10 heavy (non-hydrogen) atoms. The lowest BCUT2D eigenvalue weighted by atomic mass is 10.2. The van der Waals surface area contributed by atoms with Crippen molar-refractivity contribution in [2.45, 2.75) is 6.92 Å². The van der Waals surface area contributed by atoms with Crippen molar-refractivity contribution in [1.82, 2.24) is 0 Å². The highest BCUT2D eigenvalue weighted by Gasteiger charge is 1.84. The molecule has 0 saturated carbocycles. The molecule has 0 aliphatic carbocycles. The first kappa shape index (κ1) is 7.00. The fraction of sp³-hybridized carbons (Fsp3) is 0.111. The van der Waals surface area contributed by atoms with Gasteiger partial charge in [0, 0.05) is 0 Å². The summed E-state index contributed by atoms with van der Waals surface area (Å²) in [6.45, 7) is 1.44. The molecule has 0 spiro atoms. The van der Waals surface area contributed by atoms with Crippen molar-refractivity contribution in [3.63, 3.8) is 0 Å². The third kappa shape index (κ3) is 2.02. The van der Waals surface area contributed by atoms with Crippen molar-refractivity contribution in [2.24, 2.45) is 0 Å². The third-order valence-electron chi connectivity index (χ3n) is 1.17. The highest BCUT2D eigenvalue weighted by molar-refractivity contribution is 5.50. The van der Waals surface area contributed by atoms with Crippen molar-refractivity contribution in [1.29, 1.82) is 0 Å². The molecule has 0 heterocycles. The van der Waals surface area contributed by atoms with Gasteiger partial charge in [-0.1, -0.05) is 30.3 Å². The van der Waals surface area contributed by atoms with E-state index in [4.69, 9.17) is 0 Å². The van der Waals surface area contributed by atoms with Crippen LogP contribution in [0, 0.1) is 0 Å². The molecular weight excluding hydrogens is 127 g/mol. The molecule has 0 nitrogen and oxygen atoms in total. The van der Waals surface area contributed by atoms with Crippen LogP contribution in [0.3, 0.4) is 0 Å². The first-order chi connectivity index (χ1) is 4.79. The van der Waals surface area contributed by atoms with Crippen LogP contribution in [0.15, 0.2) is 36.2 Å². The van der Waals surface area contributed by atoms with Crippen LogP contribution in [0.25, 0.3) is 6.08 Å². The molecule has 1 aromatic carbocycles. The molecular formula is C9H9F. The second-order valence-electron chi connectivity index (χ2n) is 2.14. The summed E-state index contributed by atoms with van der Waals surface area (Å²) in [5.74, 6) is -0.161. The quantitative estimate of drug-likeness (QED) is 0.556. The van der Waals surface area contributed by atoms with E-state index in [1.54, 1.807) is 0 Å². The number of hydrogen-bond acceptors (Lipinski definition) is 0. The Morgan fingerprint density at radius 3 is 2.40 bits per heavy atom. The van der Waals surface area contributed by atoms with Crippen molar-refractivity contribution < 1.29 is 4.39 Å². The Morgan fingerprint density at radius 2 is 1.90 bits per heavy atom. The van der Waals surface area contributed by atoms with Gasteiger partial charge in [0.25, 0.3) is 0 Å². The van der Waals surface area contributed by atoms with Gasteiger partial charge in [0.15, 0.2) is 0 Å². The van der Waals surface area contributed by atoms with Gasteiger partial charge >= 0.3 is 0 Å². The third-order valence-corrected chi connectivity index (χ3v) is 1.17. The van der Waals surface area contributed by atoms with E-state index in [2.05, 4.69) is 0 Å². The van der Waals surface area contributed by atoms with Gasteiger partial charge in [-0.2, -0.15) is 0 Å². The summed E-state index contributed by atoms with van der Waals surface area (Å²) in [4.78, 5) is 0. The maximum atomic E-state index is 12.2. The smallest absolute Gasteiger partial charge is 0.0974 e. The average molecular weight is 136 g/mol. The maximum Gasteiger partial charge on any atom is 0.0974 e. The van der Waals surface area contributed by atoms with Gasteiger partial charge in [-0.05, 0) is 18.6 Å². The number of allylic oxidation sites excluding steroid dienone is 1. The van der Waals surface area contributed by atoms with E-state index in [0.717, 1.165) is 5.56 Å². The minimum Gasteiger partial charge on any atom is -0.212 e. The van der Waals surface area contributed by atoms with E-state index in [-0.39, 0.29) is 5.83 Å². The lowest BCUT2D eigenvalue weighted by molar-refractivity contribution is 0.648. The Bertz CT molecular complexity index is 220. The summed E-state index contributed by atoms with van der Waals surface area (Å²) in [5.41, 5.74) is 0.905. The van der Waals surface area contributed by atoms with Crippen molar-refractivity contribution >= 4 is 6.08 Å². The lowest BCUT2D eigenvalue weighted by Gasteiger charge is -1.89. The van der Waals surface area contributed by atoms with Crippen molar-refractivity contribution in [3.8, 4) is 0 Å². The molecule has 0 amide bonds. The van der Waals surface area contributed by atoms with Crippen LogP contribution in [0.4, 0.5) is 4.39 Å². The molecule has 1 rings (SSSR count). The van der Waals surface area contributed by atoms with E-state index in [1.165, 1.54) is 13.0 Å². The van der Waals surface area contributed by atoms with Crippen LogP contribution in [-0.2, 0) is 0 Å². The summed E-state index contributed by atoms with van der Waals surface area (Å²) in [5, 5.41) is 0. The standard InChI is InChI=1S/C9H9F/c1-8(10)7-9-5-3-2-4-6-9/h2-7H,1H3/b8-7+. The zero-order chi connectivity index (χ0) is 7.40. The van der Waals surface area contributed by atoms with Crippen LogP contribution in [0.5, 0.6) is 0 Å². The SMILES string of the molecule is C/C(F)=C\c1ccccc1. The van der Waals surface area contributed by atoms with Gasteiger partial charge in [-0.25, -0.2) is 4.39 Å². The molecule has 0 radical (unpaired) electrons. The van der Waals surface area contributed by atoms with E-state index in [0.29, 0.717) is 0 Å². The molecule has 0 fully saturated rings. The van der Waals surface area contributed by atoms with E-state index >= 15 is 0 Å². The summed E-state index contributed by atoms with van der Waals surface area (Å²) in [6, 6.07) is 9.40. The molecule has 1 heteroatoms. The van der Waals surface area contributed by atoms with Gasteiger partial charge in [-0.3, -0.25) is 0 Å². The Labute approximate surface area is 60.0 Å². The molecule has 0 aliphatic heterocycles. The average Bonchev–Trinajstić information content (AvgIpc) is 1.88. The molecule has 52 valence electrons. The Hall–Kier alpha value is -1.11. The summed E-state index contributed by atoms with van der Waals surface area (Å²) < 4.78 is 12.2. The largest absolute Gasteiger partial charge is 0.212 e. The van der Waals surface area contributed by atoms with Gasteiger partial charge < -0.3 is 0 Å². The zero-order valence-electron chi connectivity index (χ0n) is 5.84. The lowest BCUT2D eigenvalue weighted by Crippen LogP contribution is -1.68. The second-order valence-corrected chi connectivity index (χ2v) is 2.14. The first-order valence-electron chi connectivity index (χ1n) is 3.18. The molecule has 0 aliphatic rings. The Morgan fingerprint density at radius 1 is 1.30 bits per heavy atom. The predicted molar refractivity (Wildman–Crippen MR) is 41.2 cm³/mol. The van der Waals surface area contributed by atoms with E-state index in [1.807, 2.05) is 30.3 Å². The number of benzene rings is 1. The van der Waals surface area contributed by atoms with Gasteiger partial charge in [0.2, 0.25) is 0 Å². The highest BCUT2D eigenvalue weighted by Crippen LogP contribution is 2.05. The van der Waals surface area contributed by atoms with Gasteiger partial charge in [-0.15, -0.1) is 0 Å². The Balaban J connectivity index is 2.87. The van der Waals surface area contributed by atoms with E-state index < -0.39 is 0 Å². The summed E-state index contributed by atoms with van der Waals surface area (Å²) in [7, 11) is 0. The topological polar surface area (TPSA) is 0 Å². The number of hydrogen-bond donors (Lipinski definition) is 0. The summed E-state index contributed by atoms with van der Waals surface area (Å²) >= 11 is 0.